The predicted octanol–water partition coefficient (Wildman–Crippen LogP) is 4.11. The number of halogens is 6. The molecule has 1 N–H and O–H groups in total. The number of nitrogens with one attached hydrogen (secondary N) is 1. The highest BCUT2D eigenvalue weighted by Crippen LogP contribution is 2.34. The van der Waals surface area contributed by atoms with Crippen LogP contribution in [0.2, 0.25) is 0 Å². The van der Waals surface area contributed by atoms with E-state index in [0.29, 0.717) is 4.31 Å². The van der Waals surface area contributed by atoms with Crippen LogP contribution in [0.4, 0.5) is 32.3 Å². The predicted molar refractivity (Wildman–Crippen MR) is 113 cm³/mol. The van der Waals surface area contributed by atoms with E-state index in [0.717, 1.165) is 24.5 Å². The summed E-state index contributed by atoms with van der Waals surface area (Å²) in [6, 6.07) is 3.64. The van der Waals surface area contributed by atoms with E-state index in [1.54, 1.807) is 0 Å². The lowest BCUT2D eigenvalue weighted by Gasteiger charge is -2.28. The molecule has 36 heavy (non-hydrogen) atoms. The molecule has 0 bridgehead atoms. The Hall–Kier alpha value is -3.27. The number of benzene rings is 1. The molecular weight excluding hydrogens is 518 g/mol. The Balaban J connectivity index is 1.60. The van der Waals surface area contributed by atoms with Crippen LogP contribution in [0.1, 0.15) is 36.8 Å². The lowest BCUT2D eigenvalue weighted by atomic mass is 10.1. The monoisotopic (exact) mass is 536 g/mol. The van der Waals surface area contributed by atoms with E-state index in [1.165, 1.54) is 12.1 Å². The molecule has 1 saturated carbocycles. The topological polar surface area (TPSA) is 114 Å². The Morgan fingerprint density at radius 1 is 1.08 bits per heavy atom. The smallest absolute Gasteiger partial charge is 0.402 e. The molecule has 9 nitrogen and oxygen atoms in total. The third kappa shape index (κ3) is 6.29. The van der Waals surface area contributed by atoms with Gasteiger partial charge in [0, 0.05) is 18.9 Å². The van der Waals surface area contributed by atoms with Crippen molar-refractivity contribution in [3.8, 4) is 11.5 Å². The van der Waals surface area contributed by atoms with E-state index >= 15 is 0 Å². The molecule has 1 aliphatic rings. The van der Waals surface area contributed by atoms with Crippen molar-refractivity contribution in [3.63, 3.8) is 0 Å². The van der Waals surface area contributed by atoms with Gasteiger partial charge in [0.2, 0.25) is 16.0 Å². The Labute approximate surface area is 200 Å². The van der Waals surface area contributed by atoms with Crippen molar-refractivity contribution < 1.29 is 39.2 Å². The van der Waals surface area contributed by atoms with E-state index in [2.05, 4.69) is 25.5 Å². The molecule has 0 unspecified atom stereocenters. The lowest BCUT2D eigenvalue weighted by Crippen LogP contribution is -2.44. The third-order valence-corrected chi connectivity index (χ3v) is 7.46. The van der Waals surface area contributed by atoms with E-state index in [9.17, 15) is 34.8 Å². The van der Waals surface area contributed by atoms with Crippen molar-refractivity contribution in [2.45, 2.75) is 36.7 Å². The van der Waals surface area contributed by atoms with Crippen LogP contribution in [-0.2, 0) is 10.0 Å². The fourth-order valence-electron chi connectivity index (χ4n) is 3.28. The summed E-state index contributed by atoms with van der Waals surface area (Å²) in [6.45, 7) is -2.34. The highest BCUT2D eigenvalue weighted by Gasteiger charge is 2.45. The molecule has 3 aromatic rings. The zero-order valence-corrected chi connectivity index (χ0v) is 19.0. The third-order valence-electron chi connectivity index (χ3n) is 5.15. The van der Waals surface area contributed by atoms with Gasteiger partial charge < -0.3 is 9.73 Å². The standard InChI is InChI=1S/C20H18F6N6O3S/c21-13-3-1-11(2-4-13)15(9-32(10-20(24,25)26)36(33,34)14-5-6-14)29-19-27-7-12(8-28-19)17-30-31-18(35-17)16(22)23/h1-4,7-8,14-16H,5-6,9-10H2,(H,27,28,29)/t15-/m0/s1. The molecule has 1 aliphatic carbocycles. The summed E-state index contributed by atoms with van der Waals surface area (Å²) in [5, 5.41) is 8.52. The van der Waals surface area contributed by atoms with Gasteiger partial charge in [0.25, 0.3) is 11.8 Å². The number of anilines is 1. The van der Waals surface area contributed by atoms with Gasteiger partial charge in [0.05, 0.1) is 16.9 Å². The quantitative estimate of drug-likeness (QED) is 0.385. The molecule has 0 amide bonds. The Morgan fingerprint density at radius 2 is 1.72 bits per heavy atom. The van der Waals surface area contributed by atoms with Gasteiger partial charge in [-0.15, -0.1) is 10.2 Å². The second-order valence-electron chi connectivity index (χ2n) is 7.94. The second kappa shape index (κ2) is 10.0. The second-order valence-corrected chi connectivity index (χ2v) is 10.2. The molecule has 0 aliphatic heterocycles. The van der Waals surface area contributed by atoms with Crippen LogP contribution in [0.5, 0.6) is 0 Å². The summed E-state index contributed by atoms with van der Waals surface area (Å²) in [5.74, 6) is -1.90. The van der Waals surface area contributed by atoms with Gasteiger partial charge in [-0.25, -0.2) is 22.8 Å². The maximum atomic E-state index is 13.5. The summed E-state index contributed by atoms with van der Waals surface area (Å²) >= 11 is 0. The summed E-state index contributed by atoms with van der Waals surface area (Å²) < 4.78 is 109. The van der Waals surface area contributed by atoms with Crippen LogP contribution < -0.4 is 5.32 Å². The van der Waals surface area contributed by atoms with Crippen molar-refractivity contribution in [1.82, 2.24) is 24.5 Å². The van der Waals surface area contributed by atoms with Gasteiger partial charge >= 0.3 is 12.6 Å². The van der Waals surface area contributed by atoms with Crippen LogP contribution in [0.15, 0.2) is 41.1 Å². The molecule has 16 heteroatoms. The minimum Gasteiger partial charge on any atom is -0.415 e. The normalized spacial score (nSPS) is 15.4. The molecule has 194 valence electrons. The fourth-order valence-corrected chi connectivity index (χ4v) is 5.11. The maximum Gasteiger partial charge on any atom is 0.402 e. The van der Waals surface area contributed by atoms with Crippen LogP contribution in [-0.4, -0.2) is 57.4 Å². The summed E-state index contributed by atoms with van der Waals surface area (Å²) in [4.78, 5) is 7.96. The van der Waals surface area contributed by atoms with Gasteiger partial charge in [-0.1, -0.05) is 12.1 Å². The number of hydrogen-bond acceptors (Lipinski definition) is 8. The maximum absolute atomic E-state index is 13.5. The summed E-state index contributed by atoms with van der Waals surface area (Å²) in [6.07, 6.45) is -4.95. The lowest BCUT2D eigenvalue weighted by molar-refractivity contribution is -0.136. The zero-order chi connectivity index (χ0) is 26.1. The highest BCUT2D eigenvalue weighted by atomic mass is 32.2. The van der Waals surface area contributed by atoms with Gasteiger partial charge in [-0.05, 0) is 30.5 Å². The van der Waals surface area contributed by atoms with E-state index in [-0.39, 0.29) is 35.8 Å². The van der Waals surface area contributed by atoms with Crippen molar-refractivity contribution in [1.29, 1.82) is 0 Å². The molecule has 1 fully saturated rings. The van der Waals surface area contributed by atoms with Gasteiger partial charge in [0.15, 0.2) is 0 Å². The zero-order valence-electron chi connectivity index (χ0n) is 18.2. The number of sulfonamides is 1. The molecule has 1 aromatic carbocycles. The fraction of sp³-hybridized carbons (Fsp3) is 0.400. The molecule has 0 radical (unpaired) electrons. The minimum atomic E-state index is -4.80. The molecule has 0 spiro atoms. The molecule has 2 heterocycles. The van der Waals surface area contributed by atoms with E-state index < -0.39 is 58.7 Å². The molecule has 0 saturated heterocycles. The highest BCUT2D eigenvalue weighted by molar-refractivity contribution is 7.90. The number of aromatic nitrogens is 4. The van der Waals surface area contributed by atoms with E-state index in [4.69, 9.17) is 4.42 Å². The van der Waals surface area contributed by atoms with Crippen LogP contribution >= 0.6 is 0 Å². The van der Waals surface area contributed by atoms with Gasteiger partial charge in [-0.3, -0.25) is 0 Å². The van der Waals surface area contributed by atoms with Crippen LogP contribution in [0.25, 0.3) is 11.5 Å². The average molecular weight is 536 g/mol. The summed E-state index contributed by atoms with van der Waals surface area (Å²) in [5.41, 5.74) is 0.369. The molecule has 1 atom stereocenters. The Morgan fingerprint density at radius 3 is 2.25 bits per heavy atom. The first-order valence-electron chi connectivity index (χ1n) is 10.4. The van der Waals surface area contributed by atoms with Crippen molar-refractivity contribution in [3.05, 3.63) is 53.9 Å². The Bertz CT molecular complexity index is 1280. The largest absolute Gasteiger partial charge is 0.415 e. The van der Waals surface area contributed by atoms with Gasteiger partial charge in [-0.2, -0.15) is 26.3 Å². The number of alkyl halides is 5. The number of nitrogens with zero attached hydrogens (tertiary/aromatic N) is 5. The van der Waals surface area contributed by atoms with Crippen LogP contribution in [0, 0.1) is 5.82 Å². The molecular formula is C20H18F6N6O3S. The van der Waals surface area contributed by atoms with Crippen LogP contribution in [0.3, 0.4) is 0 Å². The first-order valence-corrected chi connectivity index (χ1v) is 11.9. The SMILES string of the molecule is O=S(=O)(C1CC1)N(C[C@H](Nc1ncc(-c2nnc(C(F)F)o2)cn1)c1ccc(F)cc1)CC(F)(F)F. The van der Waals surface area contributed by atoms with Crippen molar-refractivity contribution >= 4 is 16.0 Å². The first-order chi connectivity index (χ1) is 16.9. The Kier molecular flexibility index (Phi) is 7.17. The molecule has 4 rings (SSSR count). The van der Waals surface area contributed by atoms with Crippen molar-refractivity contribution in [2.75, 3.05) is 18.4 Å². The summed E-state index contributed by atoms with van der Waals surface area (Å²) in [7, 11) is -4.24. The molecule has 2 aromatic heterocycles. The van der Waals surface area contributed by atoms with Gasteiger partial charge in [0.1, 0.15) is 12.4 Å². The van der Waals surface area contributed by atoms with Crippen molar-refractivity contribution in [2.24, 2.45) is 0 Å². The first kappa shape index (κ1) is 25.8. The number of hydrogen-bond donors (Lipinski definition) is 1. The minimum absolute atomic E-state index is 0.0910. The average Bonchev–Trinajstić information content (AvgIpc) is 3.56. The van der Waals surface area contributed by atoms with E-state index in [1.807, 2.05) is 0 Å². The number of rotatable bonds is 10.